The lowest BCUT2D eigenvalue weighted by Gasteiger charge is -2.03. The lowest BCUT2D eigenvalue weighted by Crippen LogP contribution is -2.03. The summed E-state index contributed by atoms with van der Waals surface area (Å²) in [7, 11) is 1.39. The lowest BCUT2D eigenvalue weighted by molar-refractivity contribution is -0.140. The second-order valence-electron chi connectivity index (χ2n) is 6.96. The van der Waals surface area contributed by atoms with Gasteiger partial charge in [-0.3, -0.25) is 9.59 Å². The monoisotopic (exact) mass is 340 g/mol. The van der Waals surface area contributed by atoms with Gasteiger partial charge in [0.25, 0.3) is 0 Å². The predicted octanol–water partition coefficient (Wildman–Crippen LogP) is 6.38. The molecule has 0 N–H and O–H groups in total. The number of carbonyl (C=O) groups excluding carboxylic acids is 2. The zero-order valence-electron chi connectivity index (χ0n) is 16.2. The minimum atomic E-state index is -0.219. The van der Waals surface area contributed by atoms with Crippen molar-refractivity contribution >= 4 is 11.8 Å². The fraction of sp³-hybridized carbons (Fsp3) is 0.905. The van der Waals surface area contributed by atoms with E-state index in [-0.39, 0.29) is 5.97 Å². The van der Waals surface area contributed by atoms with E-state index < -0.39 is 0 Å². The summed E-state index contributed by atoms with van der Waals surface area (Å²) < 4.78 is 4.56. The highest BCUT2D eigenvalue weighted by Crippen LogP contribution is 2.13. The standard InChI is InChI=1S/C21H40O3/c1-3-4-5-6-7-8-9-10-11-12-13-14-15-17-20(22)18-16-19-21(23)24-2/h3-19H2,1-2H3. The Morgan fingerprint density at radius 2 is 1.00 bits per heavy atom. The Kier molecular flexibility index (Phi) is 17.8. The van der Waals surface area contributed by atoms with E-state index in [0.29, 0.717) is 31.5 Å². The van der Waals surface area contributed by atoms with Gasteiger partial charge in [-0.25, -0.2) is 0 Å². The molecule has 3 nitrogen and oxygen atoms in total. The van der Waals surface area contributed by atoms with Crippen LogP contribution < -0.4 is 0 Å². The molecule has 0 fully saturated rings. The van der Waals surface area contributed by atoms with E-state index in [1.807, 2.05) is 0 Å². The molecule has 0 aromatic carbocycles. The van der Waals surface area contributed by atoms with Crippen molar-refractivity contribution in [3.8, 4) is 0 Å². The summed E-state index contributed by atoms with van der Waals surface area (Å²) in [4.78, 5) is 22.6. The third-order valence-corrected chi connectivity index (χ3v) is 4.62. The highest BCUT2D eigenvalue weighted by Gasteiger charge is 2.05. The van der Waals surface area contributed by atoms with Gasteiger partial charge in [0.05, 0.1) is 7.11 Å². The molecule has 0 heterocycles. The van der Waals surface area contributed by atoms with Gasteiger partial charge in [0.1, 0.15) is 5.78 Å². The molecule has 0 unspecified atom stereocenters. The summed E-state index contributed by atoms with van der Waals surface area (Å²) in [5.41, 5.74) is 0. The summed E-state index contributed by atoms with van der Waals surface area (Å²) >= 11 is 0. The molecule has 0 saturated heterocycles. The zero-order chi connectivity index (χ0) is 17.9. The first kappa shape index (κ1) is 23.1. The zero-order valence-corrected chi connectivity index (χ0v) is 16.2. The number of methoxy groups -OCH3 is 1. The predicted molar refractivity (Wildman–Crippen MR) is 101 cm³/mol. The number of hydrogen-bond acceptors (Lipinski definition) is 3. The van der Waals surface area contributed by atoms with Gasteiger partial charge in [0.15, 0.2) is 0 Å². The molecule has 0 aliphatic heterocycles. The fourth-order valence-corrected chi connectivity index (χ4v) is 3.00. The van der Waals surface area contributed by atoms with Crippen LogP contribution in [0.1, 0.15) is 116 Å². The highest BCUT2D eigenvalue weighted by molar-refractivity contribution is 5.79. The van der Waals surface area contributed by atoms with Crippen LogP contribution in [-0.4, -0.2) is 18.9 Å². The molecule has 0 amide bonds. The summed E-state index contributed by atoms with van der Waals surface area (Å²) in [6.07, 6.45) is 19.4. The number of carbonyl (C=O) groups is 2. The smallest absolute Gasteiger partial charge is 0.305 e. The quantitative estimate of drug-likeness (QED) is 0.215. The molecular weight excluding hydrogens is 300 g/mol. The van der Waals surface area contributed by atoms with E-state index in [1.165, 1.54) is 84.2 Å². The minimum absolute atomic E-state index is 0.219. The van der Waals surface area contributed by atoms with Crippen LogP contribution in [0.4, 0.5) is 0 Å². The number of ketones is 1. The largest absolute Gasteiger partial charge is 0.469 e. The van der Waals surface area contributed by atoms with Crippen molar-refractivity contribution in [2.45, 2.75) is 116 Å². The Labute approximate surface area is 149 Å². The summed E-state index contributed by atoms with van der Waals surface area (Å²) in [5, 5.41) is 0. The van der Waals surface area contributed by atoms with Gasteiger partial charge in [0.2, 0.25) is 0 Å². The lowest BCUT2D eigenvalue weighted by atomic mass is 10.0. The second-order valence-corrected chi connectivity index (χ2v) is 6.96. The van der Waals surface area contributed by atoms with Crippen molar-refractivity contribution in [2.75, 3.05) is 7.11 Å². The van der Waals surface area contributed by atoms with E-state index in [9.17, 15) is 9.59 Å². The van der Waals surface area contributed by atoms with Crippen LogP contribution in [0.25, 0.3) is 0 Å². The molecule has 0 aromatic rings. The molecule has 142 valence electrons. The molecule has 0 aliphatic rings. The van der Waals surface area contributed by atoms with Gasteiger partial charge in [-0.1, -0.05) is 84.0 Å². The van der Waals surface area contributed by atoms with Crippen molar-refractivity contribution in [3.05, 3.63) is 0 Å². The maximum absolute atomic E-state index is 11.7. The van der Waals surface area contributed by atoms with Crippen molar-refractivity contribution in [1.29, 1.82) is 0 Å². The minimum Gasteiger partial charge on any atom is -0.469 e. The van der Waals surface area contributed by atoms with Gasteiger partial charge >= 0.3 is 5.97 Å². The average Bonchev–Trinajstić information content (AvgIpc) is 2.58. The Morgan fingerprint density at radius 3 is 1.46 bits per heavy atom. The number of rotatable bonds is 18. The third kappa shape index (κ3) is 17.5. The first-order chi connectivity index (χ1) is 11.7. The molecule has 0 saturated carbocycles. The van der Waals surface area contributed by atoms with E-state index >= 15 is 0 Å². The molecule has 0 bridgehead atoms. The van der Waals surface area contributed by atoms with Crippen LogP contribution in [0.2, 0.25) is 0 Å². The van der Waals surface area contributed by atoms with Gasteiger partial charge in [-0.15, -0.1) is 0 Å². The van der Waals surface area contributed by atoms with Crippen LogP contribution >= 0.6 is 0 Å². The van der Waals surface area contributed by atoms with Crippen molar-refractivity contribution in [1.82, 2.24) is 0 Å². The van der Waals surface area contributed by atoms with Crippen molar-refractivity contribution in [2.24, 2.45) is 0 Å². The first-order valence-electron chi connectivity index (χ1n) is 10.3. The molecule has 3 heteroatoms. The number of hydrogen-bond donors (Lipinski definition) is 0. The van der Waals surface area contributed by atoms with Crippen LogP contribution in [0, 0.1) is 0 Å². The Hall–Kier alpha value is -0.860. The Bertz CT molecular complexity index is 299. The summed E-state index contributed by atoms with van der Waals surface area (Å²) in [6, 6.07) is 0. The van der Waals surface area contributed by atoms with Crippen LogP contribution in [0.15, 0.2) is 0 Å². The fourth-order valence-electron chi connectivity index (χ4n) is 3.00. The molecule has 0 aromatic heterocycles. The maximum atomic E-state index is 11.7. The SMILES string of the molecule is CCCCCCCCCCCCCCCC(=O)CCCC(=O)OC. The molecule has 24 heavy (non-hydrogen) atoms. The molecular formula is C21H40O3. The van der Waals surface area contributed by atoms with Crippen LogP contribution in [0.5, 0.6) is 0 Å². The molecule has 0 aliphatic carbocycles. The maximum Gasteiger partial charge on any atom is 0.305 e. The topological polar surface area (TPSA) is 43.4 Å². The summed E-state index contributed by atoms with van der Waals surface area (Å²) in [6.45, 7) is 2.26. The normalized spacial score (nSPS) is 10.8. The van der Waals surface area contributed by atoms with Gasteiger partial charge in [0, 0.05) is 19.3 Å². The number of esters is 1. The van der Waals surface area contributed by atoms with Gasteiger partial charge < -0.3 is 4.74 Å². The molecule has 0 rings (SSSR count). The van der Waals surface area contributed by atoms with E-state index in [0.717, 1.165) is 6.42 Å². The number of Topliss-reactive ketones (excluding diaryl/α,β-unsaturated/α-hetero) is 1. The van der Waals surface area contributed by atoms with Gasteiger partial charge in [-0.2, -0.15) is 0 Å². The molecule has 0 radical (unpaired) electrons. The Morgan fingerprint density at radius 1 is 0.583 bits per heavy atom. The highest BCUT2D eigenvalue weighted by atomic mass is 16.5. The van der Waals surface area contributed by atoms with Crippen molar-refractivity contribution < 1.29 is 14.3 Å². The second kappa shape index (κ2) is 18.5. The van der Waals surface area contributed by atoms with E-state index in [4.69, 9.17) is 0 Å². The van der Waals surface area contributed by atoms with E-state index in [1.54, 1.807) is 0 Å². The third-order valence-electron chi connectivity index (χ3n) is 4.62. The van der Waals surface area contributed by atoms with Crippen molar-refractivity contribution in [3.63, 3.8) is 0 Å². The molecule has 0 atom stereocenters. The van der Waals surface area contributed by atoms with Crippen LogP contribution in [-0.2, 0) is 14.3 Å². The Balaban J connectivity index is 3.16. The van der Waals surface area contributed by atoms with Gasteiger partial charge in [-0.05, 0) is 12.8 Å². The summed E-state index contributed by atoms with van der Waals surface area (Å²) in [5.74, 6) is 0.0748. The van der Waals surface area contributed by atoms with Crippen LogP contribution in [0.3, 0.4) is 0 Å². The average molecular weight is 341 g/mol. The number of ether oxygens (including phenoxy) is 1. The number of unbranched alkanes of at least 4 members (excludes halogenated alkanes) is 12. The van der Waals surface area contributed by atoms with E-state index in [2.05, 4.69) is 11.7 Å². The molecule has 0 spiro atoms. The first-order valence-corrected chi connectivity index (χ1v) is 10.3.